The molecule has 0 unspecified atom stereocenters. The molecular formula is C15H26N4O2S. The fourth-order valence-electron chi connectivity index (χ4n) is 2.83. The molecule has 0 aliphatic carbocycles. The van der Waals surface area contributed by atoms with Gasteiger partial charge >= 0.3 is 0 Å². The van der Waals surface area contributed by atoms with Crippen LogP contribution in [0.1, 0.15) is 25.2 Å². The highest BCUT2D eigenvalue weighted by Crippen LogP contribution is 2.22. The molecule has 1 aromatic rings. The molecule has 7 heteroatoms. The van der Waals surface area contributed by atoms with Crippen LogP contribution in [0.15, 0.2) is 18.2 Å². The van der Waals surface area contributed by atoms with Gasteiger partial charge in [0.05, 0.1) is 5.69 Å². The predicted octanol–water partition coefficient (Wildman–Crippen LogP) is 1.09. The average molecular weight is 326 g/mol. The molecule has 0 radical (unpaired) electrons. The monoisotopic (exact) mass is 326 g/mol. The molecule has 0 aromatic carbocycles. The summed E-state index contributed by atoms with van der Waals surface area (Å²) in [5.41, 5.74) is 2.04. The van der Waals surface area contributed by atoms with Crippen molar-refractivity contribution in [3.05, 3.63) is 29.6 Å². The van der Waals surface area contributed by atoms with Gasteiger partial charge in [0.2, 0.25) is 0 Å². The maximum Gasteiger partial charge on any atom is 0.281 e. The van der Waals surface area contributed by atoms with E-state index >= 15 is 0 Å². The topological polar surface area (TPSA) is 56.8 Å². The highest BCUT2D eigenvalue weighted by atomic mass is 32.2. The van der Waals surface area contributed by atoms with E-state index in [1.807, 2.05) is 32.0 Å². The second-order valence-corrected chi connectivity index (χ2v) is 8.22. The van der Waals surface area contributed by atoms with Gasteiger partial charge in [-0.3, -0.25) is 9.88 Å². The summed E-state index contributed by atoms with van der Waals surface area (Å²) in [5.74, 6) is 0. The molecule has 1 aliphatic rings. The summed E-state index contributed by atoms with van der Waals surface area (Å²) in [7, 11) is -0.202. The maximum atomic E-state index is 12.4. The van der Waals surface area contributed by atoms with Gasteiger partial charge in [0.15, 0.2) is 0 Å². The third-order valence-electron chi connectivity index (χ3n) is 4.40. The number of hydrogen-bond acceptors (Lipinski definition) is 4. The van der Waals surface area contributed by atoms with Crippen LogP contribution in [0.2, 0.25) is 0 Å². The fourth-order valence-corrected chi connectivity index (χ4v) is 4.16. The maximum absolute atomic E-state index is 12.4. The Morgan fingerprint density at radius 1 is 1.23 bits per heavy atom. The molecule has 1 aliphatic heterocycles. The fraction of sp³-hybridized carbons (Fsp3) is 0.667. The first kappa shape index (κ1) is 17.3. The molecule has 1 saturated heterocycles. The third-order valence-corrected chi connectivity index (χ3v) is 6.44. The standard InChI is InChI=1S/C15H26N4O2S/c1-12-7-6-8-15(16-12)11-18-9-10-19(14(3)13(18)2)22(20,21)17(4)5/h6-8,13-14H,9-11H2,1-5H3/t13-,14-/m1/s1. The van der Waals surface area contributed by atoms with Crippen LogP contribution < -0.4 is 0 Å². The number of piperazine rings is 1. The normalized spacial score (nSPS) is 24.8. The van der Waals surface area contributed by atoms with Crippen LogP contribution in [-0.4, -0.2) is 66.2 Å². The van der Waals surface area contributed by atoms with Gasteiger partial charge in [0, 0.05) is 51.5 Å². The molecular weight excluding hydrogens is 300 g/mol. The highest BCUT2D eigenvalue weighted by Gasteiger charge is 2.38. The number of nitrogens with zero attached hydrogens (tertiary/aromatic N) is 4. The van der Waals surface area contributed by atoms with Crippen molar-refractivity contribution in [1.82, 2.24) is 18.5 Å². The number of aryl methyl sites for hydroxylation is 1. The van der Waals surface area contributed by atoms with Crippen molar-refractivity contribution in [3.8, 4) is 0 Å². The van der Waals surface area contributed by atoms with E-state index in [2.05, 4.69) is 16.8 Å². The smallest absolute Gasteiger partial charge is 0.281 e. The van der Waals surface area contributed by atoms with Crippen LogP contribution in [-0.2, 0) is 16.8 Å². The van der Waals surface area contributed by atoms with Crippen LogP contribution in [0.5, 0.6) is 0 Å². The van der Waals surface area contributed by atoms with Crippen molar-refractivity contribution < 1.29 is 8.42 Å². The van der Waals surface area contributed by atoms with Crippen molar-refractivity contribution >= 4 is 10.2 Å². The Labute approximate surface area is 133 Å². The van der Waals surface area contributed by atoms with Crippen LogP contribution in [0, 0.1) is 6.92 Å². The molecule has 0 saturated carbocycles. The largest absolute Gasteiger partial charge is 0.292 e. The molecule has 0 spiro atoms. The van der Waals surface area contributed by atoms with Gasteiger partial charge in [0.1, 0.15) is 0 Å². The van der Waals surface area contributed by atoms with E-state index in [0.29, 0.717) is 13.1 Å². The number of pyridine rings is 1. The van der Waals surface area contributed by atoms with Gasteiger partial charge in [-0.25, -0.2) is 0 Å². The Bertz CT molecular complexity index is 618. The average Bonchev–Trinajstić information content (AvgIpc) is 2.43. The Kier molecular flexibility index (Phi) is 5.21. The molecule has 1 aromatic heterocycles. The quantitative estimate of drug-likeness (QED) is 0.831. The van der Waals surface area contributed by atoms with E-state index in [0.717, 1.165) is 17.9 Å². The van der Waals surface area contributed by atoms with Crippen LogP contribution in [0.3, 0.4) is 0 Å². The number of aromatic nitrogens is 1. The van der Waals surface area contributed by atoms with Crippen molar-refractivity contribution in [2.75, 3.05) is 27.2 Å². The summed E-state index contributed by atoms with van der Waals surface area (Å²) in [6.07, 6.45) is 0. The lowest BCUT2D eigenvalue weighted by Crippen LogP contribution is -2.60. The minimum absolute atomic E-state index is 0.0639. The van der Waals surface area contributed by atoms with Gasteiger partial charge < -0.3 is 0 Å². The van der Waals surface area contributed by atoms with Crippen LogP contribution >= 0.6 is 0 Å². The Morgan fingerprint density at radius 2 is 1.91 bits per heavy atom. The van der Waals surface area contributed by atoms with E-state index in [1.54, 1.807) is 18.4 Å². The van der Waals surface area contributed by atoms with Crippen molar-refractivity contribution in [3.63, 3.8) is 0 Å². The lowest BCUT2D eigenvalue weighted by atomic mass is 10.1. The predicted molar refractivity (Wildman–Crippen MR) is 87.6 cm³/mol. The van der Waals surface area contributed by atoms with Gasteiger partial charge in [-0.2, -0.15) is 17.0 Å². The summed E-state index contributed by atoms with van der Waals surface area (Å²) < 4.78 is 27.6. The Balaban J connectivity index is 2.11. The number of rotatable bonds is 4. The van der Waals surface area contributed by atoms with Crippen molar-refractivity contribution in [2.45, 2.75) is 39.4 Å². The van der Waals surface area contributed by atoms with Gasteiger partial charge in [-0.1, -0.05) is 6.07 Å². The highest BCUT2D eigenvalue weighted by molar-refractivity contribution is 7.86. The van der Waals surface area contributed by atoms with Gasteiger partial charge in [-0.15, -0.1) is 0 Å². The molecule has 0 bridgehead atoms. The minimum atomic E-state index is -3.36. The Morgan fingerprint density at radius 3 is 2.50 bits per heavy atom. The zero-order valence-electron chi connectivity index (χ0n) is 14.0. The summed E-state index contributed by atoms with van der Waals surface area (Å²) >= 11 is 0. The third kappa shape index (κ3) is 3.48. The summed E-state index contributed by atoms with van der Waals surface area (Å²) in [4.78, 5) is 6.84. The zero-order valence-corrected chi connectivity index (χ0v) is 14.8. The lowest BCUT2D eigenvalue weighted by Gasteiger charge is -2.44. The molecule has 6 nitrogen and oxygen atoms in total. The molecule has 2 rings (SSSR count). The van der Waals surface area contributed by atoms with Crippen LogP contribution in [0.4, 0.5) is 0 Å². The first-order chi connectivity index (χ1) is 10.2. The number of hydrogen-bond donors (Lipinski definition) is 0. The molecule has 2 heterocycles. The molecule has 22 heavy (non-hydrogen) atoms. The molecule has 124 valence electrons. The van der Waals surface area contributed by atoms with E-state index in [1.165, 1.54) is 4.31 Å². The SMILES string of the molecule is Cc1cccc(CN2CCN(S(=O)(=O)N(C)C)[C@H](C)[C@H]2C)n1. The molecule has 1 fully saturated rings. The lowest BCUT2D eigenvalue weighted by molar-refractivity contribution is 0.0747. The molecule has 0 N–H and O–H groups in total. The van der Waals surface area contributed by atoms with Crippen LogP contribution in [0.25, 0.3) is 0 Å². The van der Waals surface area contributed by atoms with Crippen molar-refractivity contribution in [1.29, 1.82) is 0 Å². The summed E-state index contributed by atoms with van der Waals surface area (Å²) in [6.45, 7) is 8.02. The van der Waals surface area contributed by atoms with E-state index < -0.39 is 10.2 Å². The second-order valence-electron chi connectivity index (χ2n) is 6.12. The second kappa shape index (κ2) is 6.62. The van der Waals surface area contributed by atoms with E-state index in [9.17, 15) is 8.42 Å². The van der Waals surface area contributed by atoms with Gasteiger partial charge in [0.25, 0.3) is 10.2 Å². The first-order valence-electron chi connectivity index (χ1n) is 7.59. The Hall–Kier alpha value is -1.02. The summed E-state index contributed by atoms with van der Waals surface area (Å²) in [6, 6.07) is 6.10. The first-order valence-corrected chi connectivity index (χ1v) is 8.99. The van der Waals surface area contributed by atoms with E-state index in [-0.39, 0.29) is 12.1 Å². The van der Waals surface area contributed by atoms with E-state index in [4.69, 9.17) is 0 Å². The van der Waals surface area contributed by atoms with Gasteiger partial charge in [-0.05, 0) is 32.9 Å². The minimum Gasteiger partial charge on any atom is -0.292 e. The zero-order chi connectivity index (χ0) is 16.5. The summed E-state index contributed by atoms with van der Waals surface area (Å²) in [5, 5.41) is 0. The molecule has 2 atom stereocenters. The van der Waals surface area contributed by atoms with Crippen molar-refractivity contribution in [2.24, 2.45) is 0 Å². The molecule has 0 amide bonds.